The van der Waals surface area contributed by atoms with E-state index in [-0.39, 0.29) is 5.56 Å². The van der Waals surface area contributed by atoms with Crippen LogP contribution < -0.4 is 10.3 Å². The lowest BCUT2D eigenvalue weighted by Crippen LogP contribution is -2.39. The molecule has 3 aromatic rings. The van der Waals surface area contributed by atoms with Crippen LogP contribution in [0.3, 0.4) is 0 Å². The highest BCUT2D eigenvalue weighted by molar-refractivity contribution is 7.22. The van der Waals surface area contributed by atoms with Crippen molar-refractivity contribution in [1.29, 1.82) is 0 Å². The van der Waals surface area contributed by atoms with Crippen LogP contribution in [0.5, 0.6) is 5.75 Å². The fraction of sp³-hybridized carbons (Fsp3) is 0.478. The molecule has 0 amide bonds. The first kappa shape index (κ1) is 20.1. The zero-order chi connectivity index (χ0) is 20.5. The third-order valence-corrected chi connectivity index (χ3v) is 7.32. The Kier molecular flexibility index (Phi) is 5.74. The average Bonchev–Trinajstić information content (AvgIpc) is 3.49. The smallest absolute Gasteiger partial charge is 0.268 e. The number of aromatic amines is 1. The molecule has 1 saturated carbocycles. The van der Waals surface area contributed by atoms with Gasteiger partial charge in [-0.25, -0.2) is 4.98 Å². The van der Waals surface area contributed by atoms with Gasteiger partial charge in [-0.15, -0.1) is 11.3 Å². The summed E-state index contributed by atoms with van der Waals surface area (Å²) < 4.78 is 5.92. The second-order valence-corrected chi connectivity index (χ2v) is 9.15. The van der Waals surface area contributed by atoms with Crippen LogP contribution in [-0.2, 0) is 6.54 Å². The van der Waals surface area contributed by atoms with Crippen LogP contribution in [0, 0.1) is 5.92 Å². The molecule has 0 spiro atoms. The van der Waals surface area contributed by atoms with Gasteiger partial charge < -0.3 is 9.72 Å². The first-order valence-electron chi connectivity index (χ1n) is 10.4. The predicted octanol–water partition coefficient (Wildman–Crippen LogP) is 5.06. The van der Waals surface area contributed by atoms with Crippen LogP contribution in [0.2, 0.25) is 0 Å². The third-order valence-electron chi connectivity index (χ3n) is 6.15. The van der Waals surface area contributed by atoms with Crippen molar-refractivity contribution in [2.75, 3.05) is 7.11 Å². The minimum Gasteiger partial charge on any atom is -0.497 e. The van der Waals surface area contributed by atoms with Gasteiger partial charge in [-0.3, -0.25) is 9.69 Å². The lowest BCUT2D eigenvalue weighted by Gasteiger charge is -2.32. The minimum absolute atomic E-state index is 0.0401. The Balaban J connectivity index is 1.63. The molecule has 1 aliphatic carbocycles. The van der Waals surface area contributed by atoms with Crippen LogP contribution in [0.25, 0.3) is 20.7 Å². The second-order valence-electron chi connectivity index (χ2n) is 8.10. The maximum Gasteiger partial charge on any atom is 0.268 e. The summed E-state index contributed by atoms with van der Waals surface area (Å²) >= 11 is 1.49. The molecule has 1 fully saturated rings. The fourth-order valence-electron chi connectivity index (χ4n) is 3.81. The third kappa shape index (κ3) is 4.23. The van der Waals surface area contributed by atoms with E-state index < -0.39 is 0 Å². The van der Waals surface area contributed by atoms with E-state index in [0.29, 0.717) is 29.2 Å². The number of nitrogens with zero attached hydrogens (tertiary/aromatic N) is 2. The van der Waals surface area contributed by atoms with Gasteiger partial charge in [-0.05, 0) is 61.6 Å². The molecule has 0 bridgehead atoms. The first-order chi connectivity index (χ1) is 14.0. The maximum atomic E-state index is 12.7. The number of benzene rings is 1. The fourth-order valence-corrected chi connectivity index (χ4v) is 4.81. The lowest BCUT2D eigenvalue weighted by molar-refractivity contribution is 0.138. The van der Waals surface area contributed by atoms with E-state index >= 15 is 0 Å². The van der Waals surface area contributed by atoms with Crippen LogP contribution in [0.1, 0.15) is 45.9 Å². The Morgan fingerprint density at radius 3 is 2.62 bits per heavy atom. The predicted molar refractivity (Wildman–Crippen MR) is 120 cm³/mol. The first-order valence-corrected chi connectivity index (χ1v) is 11.2. The van der Waals surface area contributed by atoms with Crippen molar-refractivity contribution in [3.05, 3.63) is 46.5 Å². The van der Waals surface area contributed by atoms with Gasteiger partial charge in [0.2, 0.25) is 0 Å². The van der Waals surface area contributed by atoms with Gasteiger partial charge in [0.25, 0.3) is 5.56 Å². The lowest BCUT2D eigenvalue weighted by atomic mass is 9.99. The molecule has 29 heavy (non-hydrogen) atoms. The SMILES string of the molecule is CCC(C)C(C)N(Cc1nc2cc(-c3ccc(OC)cc3)sc2c(=O)[nH]1)C1CC1. The molecule has 2 heterocycles. The Bertz CT molecular complexity index is 1040. The van der Waals surface area contributed by atoms with Crippen molar-refractivity contribution in [2.45, 2.75) is 58.7 Å². The number of hydrogen-bond donors (Lipinski definition) is 1. The summed E-state index contributed by atoms with van der Waals surface area (Å²) in [6, 6.07) is 11.0. The number of nitrogens with one attached hydrogen (secondary N) is 1. The molecule has 4 rings (SSSR count). The number of fused-ring (bicyclic) bond motifs is 1. The topological polar surface area (TPSA) is 58.2 Å². The maximum absolute atomic E-state index is 12.7. The van der Waals surface area contributed by atoms with Gasteiger partial charge in [0.05, 0.1) is 19.2 Å². The number of thiophene rings is 1. The van der Waals surface area contributed by atoms with Gasteiger partial charge in [0.1, 0.15) is 16.3 Å². The van der Waals surface area contributed by atoms with Gasteiger partial charge in [0.15, 0.2) is 0 Å². The number of methoxy groups -OCH3 is 1. The molecule has 2 aromatic heterocycles. The van der Waals surface area contributed by atoms with Crippen molar-refractivity contribution < 1.29 is 4.74 Å². The Morgan fingerprint density at radius 1 is 1.28 bits per heavy atom. The van der Waals surface area contributed by atoms with Crippen molar-refractivity contribution >= 4 is 21.6 Å². The molecule has 1 aliphatic rings. The van der Waals surface area contributed by atoms with Crippen molar-refractivity contribution in [3.63, 3.8) is 0 Å². The van der Waals surface area contributed by atoms with Gasteiger partial charge >= 0.3 is 0 Å². The van der Waals surface area contributed by atoms with E-state index in [1.54, 1.807) is 7.11 Å². The average molecular weight is 412 g/mol. The number of rotatable bonds is 8. The molecule has 1 aromatic carbocycles. The summed E-state index contributed by atoms with van der Waals surface area (Å²) in [5.41, 5.74) is 1.81. The Hall–Kier alpha value is -2.18. The van der Waals surface area contributed by atoms with Crippen molar-refractivity contribution in [3.8, 4) is 16.2 Å². The van der Waals surface area contributed by atoms with Crippen LogP contribution >= 0.6 is 11.3 Å². The molecule has 6 heteroatoms. The van der Waals surface area contributed by atoms with Crippen molar-refractivity contribution in [1.82, 2.24) is 14.9 Å². The van der Waals surface area contributed by atoms with E-state index in [1.165, 1.54) is 24.2 Å². The minimum atomic E-state index is -0.0401. The zero-order valence-corrected chi connectivity index (χ0v) is 18.4. The normalized spacial score (nSPS) is 16.3. The second kappa shape index (κ2) is 8.28. The summed E-state index contributed by atoms with van der Waals surface area (Å²) in [5.74, 6) is 2.21. The summed E-state index contributed by atoms with van der Waals surface area (Å²) in [6.07, 6.45) is 3.64. The van der Waals surface area contributed by atoms with E-state index in [4.69, 9.17) is 9.72 Å². The molecule has 0 aliphatic heterocycles. The van der Waals surface area contributed by atoms with E-state index in [0.717, 1.165) is 34.0 Å². The molecule has 2 atom stereocenters. The quantitative estimate of drug-likeness (QED) is 0.563. The summed E-state index contributed by atoms with van der Waals surface area (Å²) in [7, 11) is 1.66. The van der Waals surface area contributed by atoms with Crippen LogP contribution in [0.15, 0.2) is 35.1 Å². The molecule has 0 saturated heterocycles. The highest BCUT2D eigenvalue weighted by Gasteiger charge is 2.34. The zero-order valence-electron chi connectivity index (χ0n) is 17.6. The number of H-pyrrole nitrogens is 1. The Labute approximate surface area is 175 Å². The van der Waals surface area contributed by atoms with E-state index in [2.05, 4.69) is 30.7 Å². The molecule has 5 nitrogen and oxygen atoms in total. The summed E-state index contributed by atoms with van der Waals surface area (Å²) in [4.78, 5) is 24.2. The number of aromatic nitrogens is 2. The number of ether oxygens (including phenoxy) is 1. The van der Waals surface area contributed by atoms with Gasteiger partial charge in [-0.2, -0.15) is 0 Å². The van der Waals surface area contributed by atoms with Crippen molar-refractivity contribution in [2.24, 2.45) is 5.92 Å². The molecule has 154 valence electrons. The highest BCUT2D eigenvalue weighted by atomic mass is 32.1. The summed E-state index contributed by atoms with van der Waals surface area (Å²) in [6.45, 7) is 7.55. The molecule has 1 N–H and O–H groups in total. The highest BCUT2D eigenvalue weighted by Crippen LogP contribution is 2.34. The molecule has 2 unspecified atom stereocenters. The summed E-state index contributed by atoms with van der Waals surface area (Å²) in [5, 5.41) is 0. The van der Waals surface area contributed by atoms with E-state index in [1.807, 2.05) is 30.3 Å². The molecular weight excluding hydrogens is 382 g/mol. The Morgan fingerprint density at radius 2 is 2.00 bits per heavy atom. The van der Waals surface area contributed by atoms with Gasteiger partial charge in [0, 0.05) is 17.0 Å². The van der Waals surface area contributed by atoms with E-state index in [9.17, 15) is 4.79 Å². The number of hydrogen-bond acceptors (Lipinski definition) is 5. The van der Waals surface area contributed by atoms with Crippen LogP contribution in [-0.4, -0.2) is 34.1 Å². The standard InChI is InChI=1S/C23H29N3O2S/c1-5-14(2)15(3)26(17-8-9-17)13-21-24-19-12-20(29-22(19)23(27)25-21)16-6-10-18(28-4)11-7-16/h6-7,10-12,14-15,17H,5,8-9,13H2,1-4H3,(H,24,25,27). The van der Waals surface area contributed by atoms with Crippen LogP contribution in [0.4, 0.5) is 0 Å². The largest absolute Gasteiger partial charge is 0.497 e. The molecular formula is C23H29N3O2S. The monoisotopic (exact) mass is 411 g/mol. The molecule has 0 radical (unpaired) electrons. The van der Waals surface area contributed by atoms with Gasteiger partial charge in [-0.1, -0.05) is 20.3 Å².